The van der Waals surface area contributed by atoms with Crippen LogP contribution >= 0.6 is 0 Å². The Kier molecular flexibility index (Phi) is 6.03. The lowest BCUT2D eigenvalue weighted by Crippen LogP contribution is -2.18. The van der Waals surface area contributed by atoms with Crippen LogP contribution < -0.4 is 0 Å². The van der Waals surface area contributed by atoms with Crippen LogP contribution in [0.4, 0.5) is 0 Å². The topological polar surface area (TPSA) is 0 Å². The van der Waals surface area contributed by atoms with E-state index in [4.69, 9.17) is 0 Å². The van der Waals surface area contributed by atoms with Gasteiger partial charge in [-0.3, -0.25) is 0 Å². The molecule has 0 bridgehead atoms. The fraction of sp³-hybridized carbons (Fsp3) is 0.263. The van der Waals surface area contributed by atoms with Gasteiger partial charge >= 0.3 is 0 Å². The van der Waals surface area contributed by atoms with Crippen molar-refractivity contribution in [3.05, 3.63) is 128 Å². The molecule has 4 aromatic carbocycles. The summed E-state index contributed by atoms with van der Waals surface area (Å²) in [7, 11) is 0. The van der Waals surface area contributed by atoms with Gasteiger partial charge in [0.25, 0.3) is 0 Å². The molecule has 4 aromatic rings. The first-order valence-electron chi connectivity index (χ1n) is 14.0. The zero-order valence-electron chi connectivity index (χ0n) is 23.8. The summed E-state index contributed by atoms with van der Waals surface area (Å²) in [6.07, 6.45) is 4.93. The molecule has 0 fully saturated rings. The first kappa shape index (κ1) is 24.7. The van der Waals surface area contributed by atoms with Gasteiger partial charge < -0.3 is 0 Å². The van der Waals surface area contributed by atoms with Gasteiger partial charge in [-0.1, -0.05) is 103 Å². The van der Waals surface area contributed by atoms with Gasteiger partial charge in [0.1, 0.15) is 0 Å². The lowest BCUT2D eigenvalue weighted by atomic mass is 9.73. The van der Waals surface area contributed by atoms with Crippen molar-refractivity contribution in [2.45, 2.75) is 60.3 Å². The van der Waals surface area contributed by atoms with E-state index >= 15 is 0 Å². The summed E-state index contributed by atoms with van der Waals surface area (Å²) in [6.45, 7) is 16.1. The summed E-state index contributed by atoms with van der Waals surface area (Å²) < 4.78 is 0. The van der Waals surface area contributed by atoms with Crippen molar-refractivity contribution in [1.29, 1.82) is 0 Å². The normalized spacial score (nSPS) is 18.6. The molecule has 0 aliphatic heterocycles. The van der Waals surface area contributed by atoms with Gasteiger partial charge in [-0.05, 0) is 114 Å². The summed E-state index contributed by atoms with van der Waals surface area (Å²) in [5.41, 5.74) is 19.7. The first-order valence-corrected chi connectivity index (χ1v) is 14.0. The maximum atomic E-state index is 2.48. The van der Waals surface area contributed by atoms with Gasteiger partial charge in [0, 0.05) is 11.8 Å². The fourth-order valence-corrected chi connectivity index (χ4v) is 7.30. The summed E-state index contributed by atoms with van der Waals surface area (Å²) >= 11 is 0. The van der Waals surface area contributed by atoms with E-state index in [0.717, 1.165) is 0 Å². The predicted octanol–water partition coefficient (Wildman–Crippen LogP) is 10.6. The molecule has 0 N–H and O–H groups in total. The number of rotatable bonds is 4. The summed E-state index contributed by atoms with van der Waals surface area (Å²) in [5, 5.41) is 0. The summed E-state index contributed by atoms with van der Waals surface area (Å²) in [5.74, 6) is 1.30. The zero-order valence-corrected chi connectivity index (χ0v) is 23.8. The SMILES string of the molecule is CC1=Cc2c(-c3cccc(C)c3C)cccc2C1C(C)C1C(C)=Cc2c(-c3cccc(C)c3C)cccc21. The highest BCUT2D eigenvalue weighted by molar-refractivity contribution is 5.85. The third-order valence-electron chi connectivity index (χ3n) is 9.52. The van der Waals surface area contributed by atoms with E-state index in [1.807, 2.05) is 0 Å². The number of hydrogen-bond acceptors (Lipinski definition) is 0. The molecule has 2 aliphatic rings. The number of benzene rings is 4. The highest BCUT2D eigenvalue weighted by atomic mass is 14.4. The first-order chi connectivity index (χ1) is 18.3. The molecule has 0 nitrogen and oxygen atoms in total. The second kappa shape index (κ2) is 9.28. The Labute approximate surface area is 228 Å². The second-order valence-electron chi connectivity index (χ2n) is 11.7. The van der Waals surface area contributed by atoms with Crippen LogP contribution in [0.15, 0.2) is 83.9 Å². The van der Waals surface area contributed by atoms with Gasteiger partial charge in [-0.15, -0.1) is 0 Å². The van der Waals surface area contributed by atoms with E-state index in [2.05, 4.69) is 133 Å². The molecule has 0 heterocycles. The number of fused-ring (bicyclic) bond motifs is 2. The Morgan fingerprint density at radius 2 is 0.842 bits per heavy atom. The van der Waals surface area contributed by atoms with E-state index in [9.17, 15) is 0 Å². The molecule has 190 valence electrons. The van der Waals surface area contributed by atoms with Crippen molar-refractivity contribution in [3.8, 4) is 22.3 Å². The van der Waals surface area contributed by atoms with Crippen LogP contribution in [-0.4, -0.2) is 0 Å². The third-order valence-corrected chi connectivity index (χ3v) is 9.52. The van der Waals surface area contributed by atoms with Gasteiger partial charge in [0.2, 0.25) is 0 Å². The molecule has 38 heavy (non-hydrogen) atoms. The van der Waals surface area contributed by atoms with Crippen LogP contribution in [-0.2, 0) is 0 Å². The Bertz CT molecular complexity index is 1520. The van der Waals surface area contributed by atoms with Crippen LogP contribution in [0, 0.1) is 33.6 Å². The van der Waals surface area contributed by atoms with Crippen LogP contribution in [0.1, 0.15) is 77.1 Å². The van der Waals surface area contributed by atoms with Crippen LogP contribution in [0.25, 0.3) is 34.4 Å². The maximum absolute atomic E-state index is 2.48. The third kappa shape index (κ3) is 3.73. The molecule has 0 saturated heterocycles. The molecule has 6 rings (SSSR count). The van der Waals surface area contributed by atoms with Crippen LogP contribution in [0.2, 0.25) is 0 Å². The van der Waals surface area contributed by atoms with Crippen LogP contribution in [0.5, 0.6) is 0 Å². The minimum atomic E-state index is 0.415. The average molecular weight is 495 g/mol. The standard InChI is InChI=1S/C38H38/c1-22-12-8-14-29(26(22)5)31-16-10-18-33-35(31)20-24(3)37(33)28(7)38-25(4)21-36-32(17-11-19-34(36)38)30-15-9-13-23(2)27(30)6/h8-21,28,37-38H,1-7H3. The quantitative estimate of drug-likeness (QED) is 0.265. The van der Waals surface area contributed by atoms with Crippen molar-refractivity contribution < 1.29 is 0 Å². The molecular formula is C38H38. The molecule has 2 atom stereocenters. The van der Waals surface area contributed by atoms with Gasteiger partial charge in [-0.25, -0.2) is 0 Å². The maximum Gasteiger partial charge on any atom is 0.00894 e. The average Bonchev–Trinajstić information content (AvgIpc) is 3.42. The minimum absolute atomic E-state index is 0.415. The lowest BCUT2D eigenvalue weighted by Gasteiger charge is -2.30. The summed E-state index contributed by atoms with van der Waals surface area (Å²) in [4.78, 5) is 0. The molecule has 0 spiro atoms. The lowest BCUT2D eigenvalue weighted by molar-refractivity contribution is 0.455. The molecule has 0 radical (unpaired) electrons. The largest absolute Gasteiger partial charge is 0.0649 e. The molecule has 0 amide bonds. The minimum Gasteiger partial charge on any atom is -0.0649 e. The molecule has 0 aromatic heterocycles. The fourth-order valence-electron chi connectivity index (χ4n) is 7.30. The Hall–Kier alpha value is -3.64. The summed E-state index contributed by atoms with van der Waals surface area (Å²) in [6, 6.07) is 27.3. The Morgan fingerprint density at radius 3 is 1.26 bits per heavy atom. The highest BCUT2D eigenvalue weighted by Crippen LogP contribution is 2.53. The van der Waals surface area contributed by atoms with E-state index in [1.165, 1.54) is 77.9 Å². The predicted molar refractivity (Wildman–Crippen MR) is 165 cm³/mol. The molecule has 2 unspecified atom stereocenters. The van der Waals surface area contributed by atoms with Gasteiger partial charge in [0.05, 0.1) is 0 Å². The van der Waals surface area contributed by atoms with Crippen LogP contribution in [0.3, 0.4) is 0 Å². The number of aryl methyl sites for hydroxylation is 2. The van der Waals surface area contributed by atoms with E-state index in [1.54, 1.807) is 0 Å². The Balaban J connectivity index is 1.43. The van der Waals surface area contributed by atoms with Crippen molar-refractivity contribution in [1.82, 2.24) is 0 Å². The number of allylic oxidation sites excluding steroid dienone is 2. The van der Waals surface area contributed by atoms with Gasteiger partial charge in [-0.2, -0.15) is 0 Å². The van der Waals surface area contributed by atoms with E-state index in [-0.39, 0.29) is 0 Å². The van der Waals surface area contributed by atoms with Crippen molar-refractivity contribution in [3.63, 3.8) is 0 Å². The smallest absolute Gasteiger partial charge is 0.00894 e. The van der Waals surface area contributed by atoms with Crippen molar-refractivity contribution >= 4 is 12.2 Å². The van der Waals surface area contributed by atoms with Crippen molar-refractivity contribution in [2.75, 3.05) is 0 Å². The highest BCUT2D eigenvalue weighted by Gasteiger charge is 2.37. The second-order valence-corrected chi connectivity index (χ2v) is 11.7. The number of hydrogen-bond donors (Lipinski definition) is 0. The monoisotopic (exact) mass is 494 g/mol. The molecule has 2 aliphatic carbocycles. The molecular weight excluding hydrogens is 456 g/mol. The van der Waals surface area contributed by atoms with Crippen molar-refractivity contribution in [2.24, 2.45) is 5.92 Å². The zero-order chi connectivity index (χ0) is 26.7. The molecule has 0 heteroatoms. The van der Waals surface area contributed by atoms with E-state index < -0.39 is 0 Å². The van der Waals surface area contributed by atoms with E-state index in [0.29, 0.717) is 17.8 Å². The Morgan fingerprint density at radius 1 is 0.474 bits per heavy atom. The molecule has 0 saturated carbocycles. The van der Waals surface area contributed by atoms with Gasteiger partial charge in [0.15, 0.2) is 0 Å².